The normalized spacial score (nSPS) is 10.2. The van der Waals surface area contributed by atoms with Gasteiger partial charge in [-0.3, -0.25) is 4.79 Å². The van der Waals surface area contributed by atoms with E-state index in [4.69, 9.17) is 10.8 Å². The van der Waals surface area contributed by atoms with E-state index in [0.29, 0.717) is 17.8 Å². The van der Waals surface area contributed by atoms with Gasteiger partial charge in [0.2, 0.25) is 0 Å². The van der Waals surface area contributed by atoms with E-state index in [1.165, 1.54) is 12.3 Å². The Morgan fingerprint density at radius 3 is 2.90 bits per heavy atom. The van der Waals surface area contributed by atoms with Crippen LogP contribution in [0, 0.1) is 0 Å². The SMILES string of the molecule is Nc1cc(C(=O)Nc2cccc(CCCO)c2)ccn1. The molecule has 0 aliphatic carbocycles. The first-order valence-corrected chi connectivity index (χ1v) is 6.42. The lowest BCUT2D eigenvalue weighted by Crippen LogP contribution is -2.12. The third-order valence-electron chi connectivity index (χ3n) is 2.85. The van der Waals surface area contributed by atoms with Gasteiger partial charge in [0.05, 0.1) is 0 Å². The van der Waals surface area contributed by atoms with Gasteiger partial charge in [-0.25, -0.2) is 4.98 Å². The Hall–Kier alpha value is -2.40. The van der Waals surface area contributed by atoms with E-state index < -0.39 is 0 Å². The van der Waals surface area contributed by atoms with Crippen LogP contribution in [0.1, 0.15) is 22.3 Å². The summed E-state index contributed by atoms with van der Waals surface area (Å²) < 4.78 is 0. The van der Waals surface area contributed by atoms with Crippen LogP contribution < -0.4 is 11.1 Å². The highest BCUT2D eigenvalue weighted by Crippen LogP contribution is 2.14. The van der Waals surface area contributed by atoms with Gasteiger partial charge in [0.1, 0.15) is 5.82 Å². The van der Waals surface area contributed by atoms with Gasteiger partial charge in [0, 0.05) is 24.1 Å². The summed E-state index contributed by atoms with van der Waals surface area (Å²) in [5, 5.41) is 11.6. The number of rotatable bonds is 5. The first-order valence-electron chi connectivity index (χ1n) is 6.42. The number of nitrogens with zero attached hydrogens (tertiary/aromatic N) is 1. The molecule has 1 aromatic carbocycles. The van der Waals surface area contributed by atoms with E-state index in [1.54, 1.807) is 6.07 Å². The van der Waals surface area contributed by atoms with Crippen LogP contribution in [0.5, 0.6) is 0 Å². The lowest BCUT2D eigenvalue weighted by Gasteiger charge is -2.07. The van der Waals surface area contributed by atoms with Gasteiger partial charge in [-0.1, -0.05) is 12.1 Å². The number of nitrogens with two attached hydrogens (primary N) is 1. The molecule has 5 nitrogen and oxygen atoms in total. The van der Waals surface area contributed by atoms with Gasteiger partial charge in [-0.2, -0.15) is 0 Å². The maximum atomic E-state index is 12.1. The largest absolute Gasteiger partial charge is 0.396 e. The number of amides is 1. The Morgan fingerprint density at radius 2 is 2.15 bits per heavy atom. The van der Waals surface area contributed by atoms with Crippen molar-refractivity contribution in [2.45, 2.75) is 12.8 Å². The van der Waals surface area contributed by atoms with Gasteiger partial charge in [-0.15, -0.1) is 0 Å². The molecule has 20 heavy (non-hydrogen) atoms. The first-order chi connectivity index (χ1) is 9.69. The van der Waals surface area contributed by atoms with Crippen molar-refractivity contribution in [1.82, 2.24) is 4.98 Å². The number of hydrogen-bond acceptors (Lipinski definition) is 4. The first kappa shape index (κ1) is 14.0. The van der Waals surface area contributed by atoms with E-state index in [0.717, 1.165) is 17.7 Å². The third-order valence-corrected chi connectivity index (χ3v) is 2.85. The van der Waals surface area contributed by atoms with Gasteiger partial charge in [0.15, 0.2) is 0 Å². The second kappa shape index (κ2) is 6.68. The summed E-state index contributed by atoms with van der Waals surface area (Å²) in [6, 6.07) is 10.7. The molecule has 0 aliphatic rings. The van der Waals surface area contributed by atoms with Crippen molar-refractivity contribution < 1.29 is 9.90 Å². The quantitative estimate of drug-likeness (QED) is 0.774. The fraction of sp³-hybridized carbons (Fsp3) is 0.200. The summed E-state index contributed by atoms with van der Waals surface area (Å²) >= 11 is 0. The summed E-state index contributed by atoms with van der Waals surface area (Å²) in [6.45, 7) is 0.160. The van der Waals surface area contributed by atoms with Gasteiger partial charge < -0.3 is 16.2 Å². The molecule has 2 aromatic rings. The Morgan fingerprint density at radius 1 is 1.30 bits per heavy atom. The minimum absolute atomic E-state index is 0.160. The Bertz CT molecular complexity index is 599. The number of hydrogen-bond donors (Lipinski definition) is 3. The average molecular weight is 271 g/mol. The third kappa shape index (κ3) is 3.80. The number of nitrogen functional groups attached to an aromatic ring is 1. The van der Waals surface area contributed by atoms with Crippen molar-refractivity contribution >= 4 is 17.4 Å². The maximum Gasteiger partial charge on any atom is 0.255 e. The summed E-state index contributed by atoms with van der Waals surface area (Å²) in [6.07, 6.45) is 2.99. The Kier molecular flexibility index (Phi) is 4.68. The molecule has 1 heterocycles. The van der Waals surface area contributed by atoms with Crippen molar-refractivity contribution in [1.29, 1.82) is 0 Å². The van der Waals surface area contributed by atoms with Crippen LogP contribution in [-0.2, 0) is 6.42 Å². The second-order valence-electron chi connectivity index (χ2n) is 4.45. The molecule has 0 aliphatic heterocycles. The number of aryl methyl sites for hydroxylation is 1. The number of nitrogens with one attached hydrogen (secondary N) is 1. The number of benzene rings is 1. The summed E-state index contributed by atoms with van der Waals surface area (Å²) in [5.41, 5.74) is 7.82. The molecule has 0 radical (unpaired) electrons. The highest BCUT2D eigenvalue weighted by Gasteiger charge is 2.07. The predicted octanol–water partition coefficient (Wildman–Crippen LogP) is 1.84. The van der Waals surface area contributed by atoms with Crippen molar-refractivity contribution in [3.8, 4) is 0 Å². The predicted molar refractivity (Wildman–Crippen MR) is 78.5 cm³/mol. The summed E-state index contributed by atoms with van der Waals surface area (Å²) in [4.78, 5) is 15.9. The molecule has 0 atom stereocenters. The number of aliphatic hydroxyl groups excluding tert-OH is 1. The van der Waals surface area contributed by atoms with Crippen LogP contribution >= 0.6 is 0 Å². The van der Waals surface area contributed by atoms with Crippen LogP contribution in [0.4, 0.5) is 11.5 Å². The molecule has 0 fully saturated rings. The van der Waals surface area contributed by atoms with Crippen LogP contribution in [0.3, 0.4) is 0 Å². The topological polar surface area (TPSA) is 88.2 Å². The maximum absolute atomic E-state index is 12.1. The van der Waals surface area contributed by atoms with Crippen LogP contribution in [-0.4, -0.2) is 22.6 Å². The molecule has 0 saturated carbocycles. The highest BCUT2D eigenvalue weighted by atomic mass is 16.2. The molecular formula is C15H17N3O2. The van der Waals surface area contributed by atoms with Gasteiger partial charge >= 0.3 is 0 Å². The van der Waals surface area contributed by atoms with Crippen LogP contribution in [0.25, 0.3) is 0 Å². The van der Waals surface area contributed by atoms with Gasteiger partial charge in [-0.05, 0) is 42.7 Å². The molecule has 0 spiro atoms. The minimum Gasteiger partial charge on any atom is -0.396 e. The van der Waals surface area contributed by atoms with E-state index in [2.05, 4.69) is 10.3 Å². The lowest BCUT2D eigenvalue weighted by molar-refractivity contribution is 0.102. The Balaban J connectivity index is 2.07. The molecule has 104 valence electrons. The molecule has 0 saturated heterocycles. The standard InChI is InChI=1S/C15H17N3O2/c16-14-10-12(6-7-17-14)15(20)18-13-5-1-3-11(9-13)4-2-8-19/h1,3,5-7,9-10,19H,2,4,8H2,(H2,16,17)(H,18,20). The number of carbonyl (C=O) groups excluding carboxylic acids is 1. The van der Waals surface area contributed by atoms with Crippen molar-refractivity contribution in [2.24, 2.45) is 0 Å². The molecule has 2 rings (SSSR count). The second-order valence-corrected chi connectivity index (χ2v) is 4.45. The molecule has 0 bridgehead atoms. The van der Waals surface area contributed by atoms with Crippen molar-refractivity contribution in [3.63, 3.8) is 0 Å². The number of anilines is 2. The molecule has 1 aromatic heterocycles. The Labute approximate surface area is 117 Å². The minimum atomic E-state index is -0.224. The fourth-order valence-corrected chi connectivity index (χ4v) is 1.88. The zero-order chi connectivity index (χ0) is 14.4. The summed E-state index contributed by atoms with van der Waals surface area (Å²) in [7, 11) is 0. The number of carbonyl (C=O) groups is 1. The molecule has 0 unspecified atom stereocenters. The average Bonchev–Trinajstić information content (AvgIpc) is 2.45. The van der Waals surface area contributed by atoms with E-state index in [1.807, 2.05) is 24.3 Å². The van der Waals surface area contributed by atoms with Gasteiger partial charge in [0.25, 0.3) is 5.91 Å². The number of pyridine rings is 1. The smallest absolute Gasteiger partial charge is 0.255 e. The van der Waals surface area contributed by atoms with Crippen LogP contribution in [0.15, 0.2) is 42.6 Å². The molecule has 5 heteroatoms. The highest BCUT2D eigenvalue weighted by molar-refractivity contribution is 6.04. The number of aromatic nitrogens is 1. The number of aliphatic hydroxyl groups is 1. The van der Waals surface area contributed by atoms with E-state index >= 15 is 0 Å². The van der Waals surface area contributed by atoms with Crippen molar-refractivity contribution in [2.75, 3.05) is 17.7 Å². The van der Waals surface area contributed by atoms with E-state index in [9.17, 15) is 4.79 Å². The van der Waals surface area contributed by atoms with Crippen molar-refractivity contribution in [3.05, 3.63) is 53.7 Å². The molecule has 1 amide bonds. The fourth-order valence-electron chi connectivity index (χ4n) is 1.88. The monoisotopic (exact) mass is 271 g/mol. The van der Waals surface area contributed by atoms with Crippen LogP contribution in [0.2, 0.25) is 0 Å². The van der Waals surface area contributed by atoms with E-state index in [-0.39, 0.29) is 12.5 Å². The summed E-state index contributed by atoms with van der Waals surface area (Å²) in [5.74, 6) is 0.0905. The lowest BCUT2D eigenvalue weighted by atomic mass is 10.1. The zero-order valence-electron chi connectivity index (χ0n) is 11.0. The molecular weight excluding hydrogens is 254 g/mol. The molecule has 4 N–H and O–H groups in total. The zero-order valence-corrected chi connectivity index (χ0v) is 11.0.